The van der Waals surface area contributed by atoms with Crippen LogP contribution < -0.4 is 10.6 Å². The van der Waals surface area contributed by atoms with E-state index in [4.69, 9.17) is 0 Å². The number of hydrogen-bond donors (Lipinski definition) is 2. The third-order valence-electron chi connectivity index (χ3n) is 5.64. The highest BCUT2D eigenvalue weighted by atomic mass is 16.2. The van der Waals surface area contributed by atoms with Gasteiger partial charge in [-0.25, -0.2) is 0 Å². The average molecular weight is 338 g/mol. The highest BCUT2D eigenvalue weighted by Crippen LogP contribution is 2.28. The molecule has 2 fully saturated rings. The summed E-state index contributed by atoms with van der Waals surface area (Å²) in [6.07, 6.45) is 8.64. The molecule has 0 aromatic carbocycles. The number of hydrogen-bond acceptors (Lipinski definition) is 3. The highest BCUT2D eigenvalue weighted by Gasteiger charge is 2.27. The summed E-state index contributed by atoms with van der Waals surface area (Å²) in [4.78, 5) is 25.9. The number of carbonyl (C=O) groups excluding carboxylic acids is 2. The van der Waals surface area contributed by atoms with Crippen LogP contribution in [-0.2, 0) is 9.59 Å². The van der Waals surface area contributed by atoms with Crippen LogP contribution in [0, 0.1) is 11.8 Å². The Morgan fingerprint density at radius 1 is 1.12 bits per heavy atom. The van der Waals surface area contributed by atoms with Crippen molar-refractivity contribution in [1.29, 1.82) is 0 Å². The zero-order chi connectivity index (χ0) is 17.4. The van der Waals surface area contributed by atoms with Crippen LogP contribution in [0.15, 0.2) is 0 Å². The molecule has 5 heteroatoms. The van der Waals surface area contributed by atoms with Crippen LogP contribution in [0.5, 0.6) is 0 Å². The Labute approximate surface area is 146 Å². The molecular formula is C19H35N3O2. The Balaban J connectivity index is 1.58. The minimum absolute atomic E-state index is 0.0715. The number of likely N-dealkylation sites (tertiary alicyclic amines) is 1. The van der Waals surface area contributed by atoms with Gasteiger partial charge >= 0.3 is 0 Å². The van der Waals surface area contributed by atoms with E-state index in [-0.39, 0.29) is 11.8 Å². The second kappa shape index (κ2) is 10.0. The molecule has 2 atom stereocenters. The van der Waals surface area contributed by atoms with E-state index in [1.54, 1.807) is 0 Å². The quantitative estimate of drug-likeness (QED) is 0.701. The molecule has 0 aromatic heterocycles. The summed E-state index contributed by atoms with van der Waals surface area (Å²) in [6.45, 7) is 7.27. The maximum atomic E-state index is 12.0. The lowest BCUT2D eigenvalue weighted by Gasteiger charge is -2.35. The molecule has 1 heterocycles. The van der Waals surface area contributed by atoms with E-state index in [2.05, 4.69) is 24.5 Å². The Kier molecular flexibility index (Phi) is 8.03. The first-order valence-corrected chi connectivity index (χ1v) is 9.86. The van der Waals surface area contributed by atoms with E-state index in [0.29, 0.717) is 37.4 Å². The number of carbonyl (C=O) groups is 2. The maximum absolute atomic E-state index is 12.0. The van der Waals surface area contributed by atoms with Crippen molar-refractivity contribution < 1.29 is 9.59 Å². The molecule has 138 valence electrons. The van der Waals surface area contributed by atoms with Gasteiger partial charge in [0.2, 0.25) is 11.8 Å². The van der Waals surface area contributed by atoms with Gasteiger partial charge in [0.1, 0.15) is 0 Å². The molecule has 2 rings (SSSR count). The Hall–Kier alpha value is -1.10. The van der Waals surface area contributed by atoms with Gasteiger partial charge in [-0.15, -0.1) is 0 Å². The number of nitrogens with zero attached hydrogens (tertiary/aromatic N) is 1. The van der Waals surface area contributed by atoms with E-state index in [1.165, 1.54) is 19.3 Å². The monoisotopic (exact) mass is 337 g/mol. The summed E-state index contributed by atoms with van der Waals surface area (Å²) >= 11 is 0. The van der Waals surface area contributed by atoms with Gasteiger partial charge in [-0.05, 0) is 43.9 Å². The van der Waals surface area contributed by atoms with Crippen LogP contribution in [0.4, 0.5) is 0 Å². The van der Waals surface area contributed by atoms with Crippen molar-refractivity contribution in [2.75, 3.05) is 26.2 Å². The van der Waals surface area contributed by atoms with E-state index >= 15 is 0 Å². The van der Waals surface area contributed by atoms with Crippen LogP contribution in [0.25, 0.3) is 0 Å². The fourth-order valence-electron chi connectivity index (χ4n) is 4.13. The third-order valence-corrected chi connectivity index (χ3v) is 5.64. The predicted molar refractivity (Wildman–Crippen MR) is 96.6 cm³/mol. The highest BCUT2D eigenvalue weighted by molar-refractivity contribution is 5.78. The van der Waals surface area contributed by atoms with Gasteiger partial charge in [0.25, 0.3) is 0 Å². The fraction of sp³-hybridized carbons (Fsp3) is 0.895. The van der Waals surface area contributed by atoms with E-state index in [0.717, 1.165) is 38.8 Å². The van der Waals surface area contributed by atoms with Gasteiger partial charge in [-0.1, -0.05) is 26.7 Å². The van der Waals surface area contributed by atoms with Gasteiger partial charge in [-0.2, -0.15) is 0 Å². The second-order valence-electron chi connectivity index (χ2n) is 7.69. The van der Waals surface area contributed by atoms with E-state index < -0.39 is 0 Å². The minimum atomic E-state index is 0.0715. The SMILES string of the molecule is C[C@@H]1CCC[C@@H](C)C1NCC(=O)NCCCN1CCCCCC1=O. The van der Waals surface area contributed by atoms with Crippen molar-refractivity contribution in [3.8, 4) is 0 Å². The Bertz CT molecular complexity index is 403. The molecule has 0 radical (unpaired) electrons. The Morgan fingerprint density at radius 2 is 1.88 bits per heavy atom. The van der Waals surface area contributed by atoms with Crippen molar-refractivity contribution >= 4 is 11.8 Å². The molecule has 2 amide bonds. The second-order valence-corrected chi connectivity index (χ2v) is 7.69. The fourth-order valence-corrected chi connectivity index (χ4v) is 4.13. The molecular weight excluding hydrogens is 302 g/mol. The molecule has 0 aromatic rings. The van der Waals surface area contributed by atoms with E-state index in [9.17, 15) is 9.59 Å². The average Bonchev–Trinajstić information content (AvgIpc) is 2.75. The van der Waals surface area contributed by atoms with Gasteiger partial charge in [0, 0.05) is 32.1 Å². The summed E-state index contributed by atoms with van der Waals surface area (Å²) in [5.41, 5.74) is 0. The summed E-state index contributed by atoms with van der Waals surface area (Å²) in [6, 6.07) is 0.458. The molecule has 2 N–H and O–H groups in total. The van der Waals surface area contributed by atoms with Crippen molar-refractivity contribution in [2.45, 2.75) is 71.3 Å². The number of rotatable bonds is 7. The third kappa shape index (κ3) is 6.08. The van der Waals surface area contributed by atoms with Crippen molar-refractivity contribution in [2.24, 2.45) is 11.8 Å². The maximum Gasteiger partial charge on any atom is 0.233 e. The van der Waals surface area contributed by atoms with Gasteiger partial charge < -0.3 is 15.5 Å². The standard InChI is InChI=1S/C19H35N3O2/c1-15-8-6-9-16(2)19(15)21-14-17(23)20-11-7-13-22-12-5-3-4-10-18(22)24/h15-16,19,21H,3-14H2,1-2H3,(H,20,23)/t15-,16-/m1/s1. The normalized spacial score (nSPS) is 26.2. The zero-order valence-electron chi connectivity index (χ0n) is 15.5. The smallest absolute Gasteiger partial charge is 0.233 e. The van der Waals surface area contributed by atoms with Crippen LogP contribution in [0.1, 0.15) is 65.2 Å². The topological polar surface area (TPSA) is 61.4 Å². The lowest BCUT2D eigenvalue weighted by molar-refractivity contribution is -0.130. The first-order chi connectivity index (χ1) is 11.6. The molecule has 1 aliphatic carbocycles. The lowest BCUT2D eigenvalue weighted by atomic mass is 9.79. The molecule has 1 aliphatic heterocycles. The number of amides is 2. The zero-order valence-corrected chi connectivity index (χ0v) is 15.5. The molecule has 5 nitrogen and oxygen atoms in total. The van der Waals surface area contributed by atoms with Gasteiger partial charge in [0.05, 0.1) is 6.54 Å². The van der Waals surface area contributed by atoms with Gasteiger partial charge in [-0.3, -0.25) is 9.59 Å². The number of nitrogens with one attached hydrogen (secondary N) is 2. The molecule has 24 heavy (non-hydrogen) atoms. The summed E-state index contributed by atoms with van der Waals surface area (Å²) in [5, 5.41) is 6.43. The summed E-state index contributed by atoms with van der Waals surface area (Å²) in [5.74, 6) is 1.65. The molecule has 0 spiro atoms. The minimum Gasteiger partial charge on any atom is -0.355 e. The largest absolute Gasteiger partial charge is 0.355 e. The van der Waals surface area contributed by atoms with E-state index in [1.807, 2.05) is 4.90 Å². The molecule has 1 saturated heterocycles. The Morgan fingerprint density at radius 3 is 2.62 bits per heavy atom. The van der Waals surface area contributed by atoms with Crippen LogP contribution >= 0.6 is 0 Å². The first-order valence-electron chi connectivity index (χ1n) is 9.86. The van der Waals surface area contributed by atoms with Crippen molar-refractivity contribution in [3.63, 3.8) is 0 Å². The predicted octanol–water partition coefficient (Wildman–Crippen LogP) is 2.31. The molecule has 2 aliphatic rings. The van der Waals surface area contributed by atoms with Crippen LogP contribution in [0.3, 0.4) is 0 Å². The summed E-state index contributed by atoms with van der Waals surface area (Å²) < 4.78 is 0. The molecule has 1 saturated carbocycles. The molecule has 0 unspecified atom stereocenters. The van der Waals surface area contributed by atoms with Crippen molar-refractivity contribution in [3.05, 3.63) is 0 Å². The first kappa shape index (κ1) is 19.2. The van der Waals surface area contributed by atoms with Gasteiger partial charge in [0.15, 0.2) is 0 Å². The van der Waals surface area contributed by atoms with Crippen LogP contribution in [0.2, 0.25) is 0 Å². The lowest BCUT2D eigenvalue weighted by Crippen LogP contribution is -2.47. The summed E-state index contributed by atoms with van der Waals surface area (Å²) in [7, 11) is 0. The van der Waals surface area contributed by atoms with Crippen molar-refractivity contribution in [1.82, 2.24) is 15.5 Å². The molecule has 0 bridgehead atoms. The van der Waals surface area contributed by atoms with Crippen LogP contribution in [-0.4, -0.2) is 48.9 Å².